The molecule has 138 valence electrons. The van der Waals surface area contributed by atoms with Crippen LogP contribution in [0.4, 0.5) is 14.5 Å². The van der Waals surface area contributed by atoms with E-state index in [4.69, 9.17) is 11.6 Å². The number of carbonyl (C=O) groups excluding carboxylic acids is 2. The number of rotatable bonds is 8. The number of nitrogens with one attached hydrogen (secondary N) is 1. The molecular formula is C19H18ClF2NO3. The molecule has 0 saturated carbocycles. The van der Waals surface area contributed by atoms with Gasteiger partial charge in [-0.3, -0.25) is 9.59 Å². The molecule has 1 unspecified atom stereocenters. The number of hydrogen-bond donors (Lipinski definition) is 1. The van der Waals surface area contributed by atoms with E-state index in [1.165, 1.54) is 25.1 Å². The number of ketones is 1. The number of anilines is 1. The molecule has 1 atom stereocenters. The average Bonchev–Trinajstić information content (AvgIpc) is 2.61. The highest BCUT2D eigenvalue weighted by atomic mass is 35.5. The largest absolute Gasteiger partial charge is 0.466 e. The van der Waals surface area contributed by atoms with Gasteiger partial charge >= 0.3 is 11.9 Å². The lowest BCUT2D eigenvalue weighted by Gasteiger charge is -2.28. The van der Waals surface area contributed by atoms with Crippen molar-refractivity contribution in [2.24, 2.45) is 0 Å². The molecule has 7 heteroatoms. The minimum absolute atomic E-state index is 0.0116. The number of benzene rings is 2. The van der Waals surface area contributed by atoms with Crippen LogP contribution in [0, 0.1) is 0 Å². The normalized spacial score (nSPS) is 12.3. The second kappa shape index (κ2) is 8.76. The first-order chi connectivity index (χ1) is 12.4. The molecule has 0 amide bonds. The van der Waals surface area contributed by atoms with E-state index in [-0.39, 0.29) is 22.9 Å². The van der Waals surface area contributed by atoms with Gasteiger partial charge in [0, 0.05) is 0 Å². The van der Waals surface area contributed by atoms with Crippen LogP contribution in [0.15, 0.2) is 54.6 Å². The van der Waals surface area contributed by atoms with Gasteiger partial charge in [0.25, 0.3) is 0 Å². The summed E-state index contributed by atoms with van der Waals surface area (Å²) in [5.74, 6) is -6.36. The molecule has 0 aliphatic heterocycles. The van der Waals surface area contributed by atoms with Crippen LogP contribution in [-0.4, -0.2) is 24.3 Å². The third-order valence-electron chi connectivity index (χ3n) is 3.65. The lowest BCUT2D eigenvalue weighted by molar-refractivity contribution is -0.155. The van der Waals surface area contributed by atoms with Crippen molar-refractivity contribution in [2.45, 2.75) is 25.3 Å². The Morgan fingerprint density at radius 3 is 2.35 bits per heavy atom. The SMILES string of the molecule is CCOC(=O)CC(=O)C(F)(F)C(Nc1ccccc1Cl)c1ccccc1. The molecule has 2 aromatic carbocycles. The van der Waals surface area contributed by atoms with E-state index in [1.54, 1.807) is 36.4 Å². The van der Waals surface area contributed by atoms with Crippen LogP contribution in [0.3, 0.4) is 0 Å². The number of esters is 1. The maximum Gasteiger partial charge on any atom is 0.329 e. The second-order valence-electron chi connectivity index (χ2n) is 5.50. The minimum atomic E-state index is -3.85. The van der Waals surface area contributed by atoms with Gasteiger partial charge in [0.05, 0.1) is 17.3 Å². The van der Waals surface area contributed by atoms with Gasteiger partial charge in [-0.1, -0.05) is 54.1 Å². The number of alkyl halides is 2. The second-order valence-corrected chi connectivity index (χ2v) is 5.90. The third-order valence-corrected chi connectivity index (χ3v) is 3.98. The summed E-state index contributed by atoms with van der Waals surface area (Å²) in [4.78, 5) is 23.6. The molecule has 0 radical (unpaired) electrons. The fraction of sp³-hybridized carbons (Fsp3) is 0.263. The van der Waals surface area contributed by atoms with Gasteiger partial charge in [0.15, 0.2) is 0 Å². The van der Waals surface area contributed by atoms with Gasteiger partial charge in [0.1, 0.15) is 12.5 Å². The van der Waals surface area contributed by atoms with Crippen LogP contribution in [0.2, 0.25) is 5.02 Å². The minimum Gasteiger partial charge on any atom is -0.466 e. The fourth-order valence-electron chi connectivity index (χ4n) is 2.38. The molecule has 0 aliphatic rings. The van der Waals surface area contributed by atoms with Crippen LogP contribution in [0.25, 0.3) is 0 Å². The molecule has 0 fully saturated rings. The summed E-state index contributed by atoms with van der Waals surface area (Å²) in [5.41, 5.74) is 0.446. The number of Topliss-reactive ketones (excluding diaryl/α,β-unsaturated/α-hetero) is 1. The molecular weight excluding hydrogens is 364 g/mol. The summed E-state index contributed by atoms with van der Waals surface area (Å²) < 4.78 is 34.4. The van der Waals surface area contributed by atoms with Crippen molar-refractivity contribution in [3.8, 4) is 0 Å². The average molecular weight is 382 g/mol. The van der Waals surface area contributed by atoms with Gasteiger partial charge in [-0.2, -0.15) is 8.78 Å². The van der Waals surface area contributed by atoms with Crippen molar-refractivity contribution in [1.29, 1.82) is 0 Å². The number of para-hydroxylation sites is 1. The Hall–Kier alpha value is -2.47. The topological polar surface area (TPSA) is 55.4 Å². The zero-order valence-corrected chi connectivity index (χ0v) is 14.8. The Balaban J connectivity index is 2.35. The third kappa shape index (κ3) is 4.79. The summed E-state index contributed by atoms with van der Waals surface area (Å²) in [5, 5.41) is 2.87. The Morgan fingerprint density at radius 1 is 1.12 bits per heavy atom. The van der Waals surface area contributed by atoms with Crippen LogP contribution in [-0.2, 0) is 14.3 Å². The quantitative estimate of drug-likeness (QED) is 0.534. The molecule has 0 heterocycles. The van der Waals surface area contributed by atoms with Crippen LogP contribution in [0.1, 0.15) is 24.9 Å². The van der Waals surface area contributed by atoms with Crippen molar-refractivity contribution in [3.05, 3.63) is 65.2 Å². The Labute approximate surface area is 155 Å². The predicted octanol–water partition coefficient (Wildman–Crippen LogP) is 4.65. The molecule has 0 saturated heterocycles. The first kappa shape index (κ1) is 19.8. The molecule has 1 N–H and O–H groups in total. The first-order valence-corrected chi connectivity index (χ1v) is 8.36. The molecule has 0 aliphatic carbocycles. The Morgan fingerprint density at radius 2 is 1.73 bits per heavy atom. The number of hydrogen-bond acceptors (Lipinski definition) is 4. The first-order valence-electron chi connectivity index (χ1n) is 7.99. The van der Waals surface area contributed by atoms with E-state index in [1.807, 2.05) is 0 Å². The summed E-state index contributed by atoms with van der Waals surface area (Å²) in [6.45, 7) is 1.55. The zero-order chi connectivity index (χ0) is 19.2. The molecule has 2 aromatic rings. The van der Waals surface area contributed by atoms with Gasteiger partial charge < -0.3 is 10.1 Å². The highest BCUT2D eigenvalue weighted by Crippen LogP contribution is 2.37. The molecule has 26 heavy (non-hydrogen) atoms. The number of halogens is 3. The van der Waals surface area contributed by atoms with Crippen molar-refractivity contribution < 1.29 is 23.1 Å². The van der Waals surface area contributed by atoms with E-state index >= 15 is 0 Å². The van der Waals surface area contributed by atoms with Crippen LogP contribution < -0.4 is 5.32 Å². The Kier molecular flexibility index (Phi) is 6.69. The van der Waals surface area contributed by atoms with Crippen molar-refractivity contribution in [1.82, 2.24) is 0 Å². The summed E-state index contributed by atoms with van der Waals surface area (Å²) in [6, 6.07) is 12.5. The molecule has 0 bridgehead atoms. The van der Waals surface area contributed by atoms with Crippen molar-refractivity contribution in [3.63, 3.8) is 0 Å². The zero-order valence-electron chi connectivity index (χ0n) is 14.0. The highest BCUT2D eigenvalue weighted by Gasteiger charge is 2.48. The highest BCUT2D eigenvalue weighted by molar-refractivity contribution is 6.33. The molecule has 2 rings (SSSR count). The van der Waals surface area contributed by atoms with Gasteiger partial charge in [-0.05, 0) is 24.6 Å². The van der Waals surface area contributed by atoms with Crippen LogP contribution >= 0.6 is 11.6 Å². The van der Waals surface area contributed by atoms with E-state index in [0.29, 0.717) is 0 Å². The van der Waals surface area contributed by atoms with Gasteiger partial charge in [-0.25, -0.2) is 0 Å². The van der Waals surface area contributed by atoms with Gasteiger partial charge in [0.2, 0.25) is 5.78 Å². The molecule has 4 nitrogen and oxygen atoms in total. The molecule has 0 spiro atoms. The fourth-order valence-corrected chi connectivity index (χ4v) is 2.57. The van der Waals surface area contributed by atoms with Gasteiger partial charge in [-0.15, -0.1) is 0 Å². The lowest BCUT2D eigenvalue weighted by atomic mass is 9.95. The summed E-state index contributed by atoms with van der Waals surface area (Å²) in [7, 11) is 0. The van der Waals surface area contributed by atoms with E-state index in [0.717, 1.165) is 0 Å². The maximum atomic E-state index is 14.9. The summed E-state index contributed by atoms with van der Waals surface area (Å²) >= 11 is 6.04. The molecule has 0 aromatic heterocycles. The smallest absolute Gasteiger partial charge is 0.329 e. The number of ether oxygens (including phenoxy) is 1. The predicted molar refractivity (Wildman–Crippen MR) is 95.5 cm³/mol. The van der Waals surface area contributed by atoms with E-state index in [9.17, 15) is 18.4 Å². The maximum absolute atomic E-state index is 14.9. The monoisotopic (exact) mass is 381 g/mol. The van der Waals surface area contributed by atoms with Crippen molar-refractivity contribution in [2.75, 3.05) is 11.9 Å². The lowest BCUT2D eigenvalue weighted by Crippen LogP contribution is -2.41. The van der Waals surface area contributed by atoms with E-state index < -0.39 is 30.1 Å². The van der Waals surface area contributed by atoms with Crippen LogP contribution in [0.5, 0.6) is 0 Å². The Bertz CT molecular complexity index is 768. The van der Waals surface area contributed by atoms with E-state index in [2.05, 4.69) is 10.1 Å². The standard InChI is InChI=1S/C19H18ClF2NO3/c1-2-26-17(25)12-16(24)19(21,22)18(13-8-4-3-5-9-13)23-15-11-7-6-10-14(15)20/h3-11,18,23H,2,12H2,1H3. The number of carbonyl (C=O) groups is 2. The summed E-state index contributed by atoms with van der Waals surface area (Å²) in [6.07, 6.45) is -1.01. The van der Waals surface area contributed by atoms with Crippen molar-refractivity contribution >= 4 is 29.0 Å².